The Morgan fingerprint density at radius 1 is 1.28 bits per heavy atom. The highest BCUT2D eigenvalue weighted by Crippen LogP contribution is 2.30. The molecule has 1 aromatic heterocycles. The van der Waals surface area contributed by atoms with Crippen LogP contribution in [0.5, 0.6) is 0 Å². The number of halogens is 3. The minimum atomic E-state index is -4.53. The zero-order valence-electron chi connectivity index (χ0n) is 13.1. The van der Waals surface area contributed by atoms with E-state index in [1.54, 1.807) is 6.92 Å². The van der Waals surface area contributed by atoms with Crippen molar-refractivity contribution in [2.24, 2.45) is 0 Å². The van der Waals surface area contributed by atoms with Crippen molar-refractivity contribution in [3.63, 3.8) is 0 Å². The maximum Gasteiger partial charge on any atom is 0.416 e. The maximum atomic E-state index is 12.5. The fourth-order valence-electron chi connectivity index (χ4n) is 1.98. The first kappa shape index (κ1) is 18.8. The van der Waals surface area contributed by atoms with Crippen molar-refractivity contribution in [1.82, 2.24) is 10.2 Å². The molecule has 2 rings (SSSR count). The maximum absolute atomic E-state index is 12.5. The van der Waals surface area contributed by atoms with Gasteiger partial charge in [-0.1, -0.05) is 0 Å². The van der Waals surface area contributed by atoms with Crippen LogP contribution < -0.4 is 4.72 Å². The van der Waals surface area contributed by atoms with Gasteiger partial charge in [-0.25, -0.2) is 4.79 Å². The van der Waals surface area contributed by atoms with E-state index in [0.29, 0.717) is 0 Å². The summed E-state index contributed by atoms with van der Waals surface area (Å²) in [5.41, 5.74) is -1.10. The number of H-pyrrole nitrogens is 1. The Balaban J connectivity index is 2.33. The number of alkyl halides is 3. The molecule has 0 amide bonds. The molecule has 136 valence electrons. The number of anilines is 1. The second kappa shape index (κ2) is 6.75. The predicted molar refractivity (Wildman–Crippen MR) is 81.5 cm³/mol. The van der Waals surface area contributed by atoms with E-state index >= 15 is 0 Å². The number of esters is 1. The lowest BCUT2D eigenvalue weighted by Gasteiger charge is -2.10. The Morgan fingerprint density at radius 2 is 1.88 bits per heavy atom. The zero-order chi connectivity index (χ0) is 18.8. The fourth-order valence-corrected chi connectivity index (χ4v) is 3.19. The molecule has 0 bridgehead atoms. The number of carbonyl (C=O) groups excluding carboxylic acids is 1. The Labute approximate surface area is 141 Å². The monoisotopic (exact) mass is 377 g/mol. The van der Waals surface area contributed by atoms with E-state index in [-0.39, 0.29) is 23.6 Å². The quantitative estimate of drug-likeness (QED) is 0.780. The lowest BCUT2D eigenvalue weighted by Crippen LogP contribution is -2.18. The number of aryl methyl sites for hydroxylation is 1. The van der Waals surface area contributed by atoms with Gasteiger partial charge < -0.3 is 4.74 Å². The fraction of sp³-hybridized carbons (Fsp3) is 0.286. The largest absolute Gasteiger partial charge is 0.462 e. The van der Waals surface area contributed by atoms with Gasteiger partial charge in [-0.2, -0.15) is 26.7 Å². The SMILES string of the molecule is CCOC(=O)c1c(S(=O)(=O)Nc2ccc(C(F)(F)F)cc2)n[nH]c1C. The summed E-state index contributed by atoms with van der Waals surface area (Å²) in [4.78, 5) is 11.9. The zero-order valence-corrected chi connectivity index (χ0v) is 14.0. The molecule has 1 aromatic carbocycles. The lowest BCUT2D eigenvalue weighted by atomic mass is 10.2. The Hall–Kier alpha value is -2.56. The molecule has 0 fully saturated rings. The molecule has 7 nitrogen and oxygen atoms in total. The molecule has 0 aliphatic rings. The van der Waals surface area contributed by atoms with Crippen molar-refractivity contribution >= 4 is 21.7 Å². The minimum Gasteiger partial charge on any atom is -0.462 e. The molecule has 0 aliphatic heterocycles. The third kappa shape index (κ3) is 4.10. The van der Waals surface area contributed by atoms with Crippen molar-refractivity contribution in [1.29, 1.82) is 0 Å². The summed E-state index contributed by atoms with van der Waals surface area (Å²) in [6, 6.07) is 3.40. The number of sulfonamides is 1. The van der Waals surface area contributed by atoms with E-state index in [4.69, 9.17) is 4.74 Å². The number of carbonyl (C=O) groups is 1. The van der Waals surface area contributed by atoms with Crippen molar-refractivity contribution in [3.8, 4) is 0 Å². The van der Waals surface area contributed by atoms with Crippen LogP contribution in [0.4, 0.5) is 18.9 Å². The Morgan fingerprint density at radius 3 is 2.40 bits per heavy atom. The third-order valence-corrected chi connectivity index (χ3v) is 4.42. The summed E-state index contributed by atoms with van der Waals surface area (Å²) in [6.45, 7) is 3.04. The molecule has 2 aromatic rings. The van der Waals surface area contributed by atoms with Crippen molar-refractivity contribution < 1.29 is 31.1 Å². The van der Waals surface area contributed by atoms with Crippen LogP contribution in [0, 0.1) is 6.92 Å². The summed E-state index contributed by atoms with van der Waals surface area (Å²) in [5, 5.41) is 5.37. The summed E-state index contributed by atoms with van der Waals surface area (Å²) >= 11 is 0. The smallest absolute Gasteiger partial charge is 0.416 e. The molecular weight excluding hydrogens is 363 g/mol. The molecule has 0 aliphatic carbocycles. The number of nitrogens with zero attached hydrogens (tertiary/aromatic N) is 1. The second-order valence-electron chi connectivity index (χ2n) is 4.93. The van der Waals surface area contributed by atoms with Gasteiger partial charge in [0.25, 0.3) is 10.0 Å². The minimum absolute atomic E-state index is 0.0370. The number of aromatic nitrogens is 2. The van der Waals surface area contributed by atoms with Gasteiger partial charge in [0, 0.05) is 11.4 Å². The number of ether oxygens (including phenoxy) is 1. The highest BCUT2D eigenvalue weighted by atomic mass is 32.2. The number of aromatic amines is 1. The number of nitrogens with one attached hydrogen (secondary N) is 2. The van der Waals surface area contributed by atoms with E-state index in [2.05, 4.69) is 14.9 Å². The number of benzene rings is 1. The van der Waals surface area contributed by atoms with Gasteiger partial charge in [0.15, 0.2) is 0 Å². The first-order chi connectivity index (χ1) is 11.6. The van der Waals surface area contributed by atoms with E-state index in [1.165, 1.54) is 6.92 Å². The van der Waals surface area contributed by atoms with Crippen molar-refractivity contribution in [2.45, 2.75) is 25.0 Å². The van der Waals surface area contributed by atoms with Crippen LogP contribution in [-0.2, 0) is 20.9 Å². The van der Waals surface area contributed by atoms with E-state index in [1.807, 2.05) is 0 Å². The molecule has 0 unspecified atom stereocenters. The number of hydrogen-bond acceptors (Lipinski definition) is 5. The van der Waals surface area contributed by atoms with Crippen molar-refractivity contribution in [2.75, 3.05) is 11.3 Å². The first-order valence-corrected chi connectivity index (χ1v) is 8.46. The van der Waals surface area contributed by atoms with Gasteiger partial charge in [-0.05, 0) is 38.1 Å². The molecule has 0 spiro atoms. The molecule has 1 heterocycles. The van der Waals surface area contributed by atoms with Gasteiger partial charge in [0.05, 0.1) is 12.2 Å². The Kier molecular flexibility index (Phi) is 5.07. The third-order valence-electron chi connectivity index (χ3n) is 3.11. The molecule has 25 heavy (non-hydrogen) atoms. The highest BCUT2D eigenvalue weighted by molar-refractivity contribution is 7.92. The predicted octanol–water partition coefficient (Wildman–Crippen LogP) is 2.71. The van der Waals surface area contributed by atoms with Gasteiger partial charge in [-0.3, -0.25) is 9.82 Å². The average Bonchev–Trinajstić information content (AvgIpc) is 2.89. The number of rotatable bonds is 5. The molecule has 0 saturated heterocycles. The molecule has 0 atom stereocenters. The standard InChI is InChI=1S/C14H14F3N3O4S/c1-3-24-13(21)11-8(2)18-19-12(11)25(22,23)20-10-6-4-9(5-7-10)14(15,16)17/h4-7,20H,3H2,1-2H3,(H,18,19). The van der Waals surface area contributed by atoms with E-state index in [9.17, 15) is 26.4 Å². The van der Waals surface area contributed by atoms with Gasteiger partial charge in [0.2, 0.25) is 5.03 Å². The van der Waals surface area contributed by atoms with Crippen LogP contribution >= 0.6 is 0 Å². The van der Waals surface area contributed by atoms with E-state index in [0.717, 1.165) is 24.3 Å². The topological polar surface area (TPSA) is 101 Å². The second-order valence-corrected chi connectivity index (χ2v) is 6.53. The van der Waals surface area contributed by atoms with Crippen LogP contribution in [0.2, 0.25) is 0 Å². The average molecular weight is 377 g/mol. The normalized spacial score (nSPS) is 12.0. The van der Waals surface area contributed by atoms with Crippen LogP contribution in [-0.4, -0.2) is 31.2 Å². The molecule has 0 saturated carbocycles. The molecular formula is C14H14F3N3O4S. The summed E-state index contributed by atoms with van der Waals surface area (Å²) in [5.74, 6) is -0.874. The summed E-state index contributed by atoms with van der Waals surface area (Å²) in [6.07, 6.45) is -4.53. The van der Waals surface area contributed by atoms with E-state index < -0.39 is 32.8 Å². The molecule has 0 radical (unpaired) electrons. The number of hydrogen-bond donors (Lipinski definition) is 2. The van der Waals surface area contributed by atoms with Gasteiger partial charge in [-0.15, -0.1) is 0 Å². The van der Waals surface area contributed by atoms with Gasteiger partial charge in [0.1, 0.15) is 5.56 Å². The first-order valence-electron chi connectivity index (χ1n) is 6.98. The van der Waals surface area contributed by atoms with Crippen LogP contribution in [0.25, 0.3) is 0 Å². The molecule has 2 N–H and O–H groups in total. The van der Waals surface area contributed by atoms with Crippen LogP contribution in [0.3, 0.4) is 0 Å². The molecule has 11 heteroatoms. The summed E-state index contributed by atoms with van der Waals surface area (Å²) < 4.78 is 69.3. The van der Waals surface area contributed by atoms with Crippen LogP contribution in [0.1, 0.15) is 28.5 Å². The summed E-state index contributed by atoms with van der Waals surface area (Å²) in [7, 11) is -4.31. The lowest BCUT2D eigenvalue weighted by molar-refractivity contribution is -0.137. The van der Waals surface area contributed by atoms with Gasteiger partial charge >= 0.3 is 12.1 Å². The Bertz CT molecular complexity index is 874. The van der Waals surface area contributed by atoms with Crippen molar-refractivity contribution in [3.05, 3.63) is 41.1 Å². The highest BCUT2D eigenvalue weighted by Gasteiger charge is 2.31. The van der Waals surface area contributed by atoms with Crippen LogP contribution in [0.15, 0.2) is 29.3 Å².